The molecule has 0 bridgehead atoms. The van der Waals surface area contributed by atoms with Crippen LogP contribution in [-0.2, 0) is 11.2 Å². The average Bonchev–Trinajstić information content (AvgIpc) is 2.35. The molecule has 1 aromatic heterocycles. The van der Waals surface area contributed by atoms with Gasteiger partial charge in [0.25, 0.3) is 0 Å². The Labute approximate surface area is 104 Å². The van der Waals surface area contributed by atoms with Gasteiger partial charge in [-0.15, -0.1) is 0 Å². The molecule has 2 nitrogen and oxygen atoms in total. The fraction of sp³-hybridized carbons (Fsp3) is 0.600. The highest BCUT2D eigenvalue weighted by atomic mass is 16.1. The third-order valence-electron chi connectivity index (χ3n) is 2.93. The van der Waals surface area contributed by atoms with Crippen LogP contribution in [0.5, 0.6) is 0 Å². The largest absolute Gasteiger partial charge is 0.299 e. The molecule has 0 radical (unpaired) electrons. The Morgan fingerprint density at radius 1 is 1.18 bits per heavy atom. The molecule has 0 fully saturated rings. The minimum atomic E-state index is 0.341. The molecule has 1 heterocycles. The molecular formula is C15H23NO. The molecule has 0 aliphatic rings. The topological polar surface area (TPSA) is 30.0 Å². The fourth-order valence-corrected chi connectivity index (χ4v) is 1.92. The molecule has 0 aromatic carbocycles. The number of Topliss-reactive ketones (excluding diaryl/α,β-unsaturated/α-hetero) is 1. The van der Waals surface area contributed by atoms with Crippen molar-refractivity contribution in [3.05, 3.63) is 30.1 Å². The van der Waals surface area contributed by atoms with Crippen LogP contribution in [0.15, 0.2) is 24.5 Å². The normalized spacial score (nSPS) is 10.4. The van der Waals surface area contributed by atoms with Crippen LogP contribution < -0.4 is 0 Å². The number of rotatable bonds is 9. The van der Waals surface area contributed by atoms with Crippen LogP contribution in [0.2, 0.25) is 0 Å². The van der Waals surface area contributed by atoms with Crippen molar-refractivity contribution in [1.29, 1.82) is 0 Å². The summed E-state index contributed by atoms with van der Waals surface area (Å²) in [6.07, 6.45) is 12.2. The van der Waals surface area contributed by atoms with Crippen molar-refractivity contribution in [1.82, 2.24) is 4.98 Å². The van der Waals surface area contributed by atoms with Crippen molar-refractivity contribution >= 4 is 5.78 Å². The average molecular weight is 233 g/mol. The highest BCUT2D eigenvalue weighted by Gasteiger charge is 2.03. The van der Waals surface area contributed by atoms with Gasteiger partial charge >= 0.3 is 0 Å². The van der Waals surface area contributed by atoms with Gasteiger partial charge in [-0.1, -0.05) is 45.1 Å². The van der Waals surface area contributed by atoms with Gasteiger partial charge in [-0.25, -0.2) is 0 Å². The summed E-state index contributed by atoms with van der Waals surface area (Å²) in [7, 11) is 0. The van der Waals surface area contributed by atoms with Crippen LogP contribution in [0.1, 0.15) is 57.4 Å². The van der Waals surface area contributed by atoms with Crippen molar-refractivity contribution in [2.45, 2.75) is 58.3 Å². The quantitative estimate of drug-likeness (QED) is 0.605. The van der Waals surface area contributed by atoms with E-state index in [9.17, 15) is 4.79 Å². The van der Waals surface area contributed by atoms with E-state index >= 15 is 0 Å². The highest BCUT2D eigenvalue weighted by molar-refractivity contribution is 5.80. The Bertz CT molecular complexity index is 308. The lowest BCUT2D eigenvalue weighted by Gasteiger charge is -2.01. The van der Waals surface area contributed by atoms with Gasteiger partial charge in [0.2, 0.25) is 0 Å². The molecule has 0 saturated carbocycles. The first-order valence-electron chi connectivity index (χ1n) is 6.73. The van der Waals surface area contributed by atoms with Gasteiger partial charge in [-0.2, -0.15) is 0 Å². The Morgan fingerprint density at radius 3 is 2.65 bits per heavy atom. The van der Waals surface area contributed by atoms with Gasteiger partial charge < -0.3 is 0 Å². The maximum Gasteiger partial charge on any atom is 0.137 e. The molecule has 2 heteroatoms. The van der Waals surface area contributed by atoms with Crippen molar-refractivity contribution in [3.8, 4) is 0 Å². The van der Waals surface area contributed by atoms with Gasteiger partial charge in [0, 0.05) is 25.2 Å². The summed E-state index contributed by atoms with van der Waals surface area (Å²) in [6, 6.07) is 3.85. The lowest BCUT2D eigenvalue weighted by molar-refractivity contribution is -0.118. The van der Waals surface area contributed by atoms with Gasteiger partial charge in [0.15, 0.2) is 0 Å². The van der Waals surface area contributed by atoms with Crippen molar-refractivity contribution < 1.29 is 4.79 Å². The number of carbonyl (C=O) groups is 1. The minimum absolute atomic E-state index is 0.341. The lowest BCUT2D eigenvalue weighted by atomic mass is 10.0. The van der Waals surface area contributed by atoms with Gasteiger partial charge in [0.1, 0.15) is 5.78 Å². The van der Waals surface area contributed by atoms with Crippen LogP contribution in [0, 0.1) is 0 Å². The molecule has 17 heavy (non-hydrogen) atoms. The summed E-state index contributed by atoms with van der Waals surface area (Å²) < 4.78 is 0. The number of unbranched alkanes of at least 4 members (excludes halogenated alkanes) is 5. The van der Waals surface area contributed by atoms with E-state index in [2.05, 4.69) is 11.9 Å². The minimum Gasteiger partial charge on any atom is -0.299 e. The summed E-state index contributed by atoms with van der Waals surface area (Å²) in [4.78, 5) is 15.7. The number of hydrogen-bond donors (Lipinski definition) is 0. The summed E-state index contributed by atoms with van der Waals surface area (Å²) in [5.41, 5.74) is 1.03. The molecule has 0 aliphatic carbocycles. The predicted octanol–water partition coefficient (Wildman–Crippen LogP) is 3.94. The second-order valence-electron chi connectivity index (χ2n) is 4.59. The van der Waals surface area contributed by atoms with Gasteiger partial charge in [0.05, 0.1) is 0 Å². The molecule has 0 aliphatic heterocycles. The summed E-state index contributed by atoms with van der Waals surface area (Å²) in [5.74, 6) is 0.341. The van der Waals surface area contributed by atoms with Crippen LogP contribution in [-0.4, -0.2) is 10.8 Å². The number of nitrogens with zero attached hydrogens (tertiary/aromatic N) is 1. The van der Waals surface area contributed by atoms with E-state index in [1.807, 2.05) is 12.1 Å². The van der Waals surface area contributed by atoms with E-state index in [4.69, 9.17) is 0 Å². The molecule has 1 rings (SSSR count). The standard InChI is InChI=1S/C15H23NO/c1-2-3-4-5-6-7-10-15(17)12-14-9-8-11-16-13-14/h8-9,11,13H,2-7,10,12H2,1H3. The number of ketones is 1. The van der Waals surface area contributed by atoms with Crippen LogP contribution in [0.25, 0.3) is 0 Å². The number of pyridine rings is 1. The second kappa shape index (κ2) is 8.91. The number of aromatic nitrogens is 1. The molecule has 0 unspecified atom stereocenters. The monoisotopic (exact) mass is 233 g/mol. The van der Waals surface area contributed by atoms with Gasteiger partial charge in [-0.3, -0.25) is 9.78 Å². The van der Waals surface area contributed by atoms with Crippen molar-refractivity contribution in [2.24, 2.45) is 0 Å². The van der Waals surface area contributed by atoms with E-state index < -0.39 is 0 Å². The zero-order chi connectivity index (χ0) is 12.3. The van der Waals surface area contributed by atoms with Crippen LogP contribution in [0.3, 0.4) is 0 Å². The van der Waals surface area contributed by atoms with Crippen molar-refractivity contribution in [3.63, 3.8) is 0 Å². The van der Waals surface area contributed by atoms with E-state index in [0.717, 1.165) is 18.4 Å². The first-order chi connectivity index (χ1) is 8.33. The zero-order valence-electron chi connectivity index (χ0n) is 10.8. The fourth-order valence-electron chi connectivity index (χ4n) is 1.92. The Hall–Kier alpha value is -1.18. The molecule has 0 atom stereocenters. The molecule has 0 saturated heterocycles. The predicted molar refractivity (Wildman–Crippen MR) is 70.9 cm³/mol. The molecule has 0 N–H and O–H groups in total. The second-order valence-corrected chi connectivity index (χ2v) is 4.59. The Balaban J connectivity index is 2.06. The first kappa shape index (κ1) is 13.9. The molecule has 0 amide bonds. The van der Waals surface area contributed by atoms with Gasteiger partial charge in [-0.05, 0) is 18.1 Å². The first-order valence-corrected chi connectivity index (χ1v) is 6.73. The van der Waals surface area contributed by atoms with E-state index in [1.54, 1.807) is 12.4 Å². The lowest BCUT2D eigenvalue weighted by Crippen LogP contribution is -2.02. The summed E-state index contributed by atoms with van der Waals surface area (Å²) >= 11 is 0. The van der Waals surface area contributed by atoms with Crippen molar-refractivity contribution in [2.75, 3.05) is 0 Å². The van der Waals surface area contributed by atoms with Crippen LogP contribution >= 0.6 is 0 Å². The molecule has 94 valence electrons. The third-order valence-corrected chi connectivity index (χ3v) is 2.93. The summed E-state index contributed by atoms with van der Waals surface area (Å²) in [6.45, 7) is 2.22. The maximum absolute atomic E-state index is 11.7. The number of hydrogen-bond acceptors (Lipinski definition) is 2. The highest BCUT2D eigenvalue weighted by Crippen LogP contribution is 2.08. The Kier molecular flexibility index (Phi) is 7.28. The maximum atomic E-state index is 11.7. The van der Waals surface area contributed by atoms with E-state index in [1.165, 1.54) is 32.1 Å². The third kappa shape index (κ3) is 6.88. The molecule has 1 aromatic rings. The SMILES string of the molecule is CCCCCCCCC(=O)Cc1cccnc1. The van der Waals surface area contributed by atoms with E-state index in [0.29, 0.717) is 12.2 Å². The smallest absolute Gasteiger partial charge is 0.137 e. The Morgan fingerprint density at radius 2 is 1.94 bits per heavy atom. The molecular weight excluding hydrogens is 210 g/mol. The zero-order valence-corrected chi connectivity index (χ0v) is 10.8. The summed E-state index contributed by atoms with van der Waals surface area (Å²) in [5, 5.41) is 0. The molecule has 0 spiro atoms. The van der Waals surface area contributed by atoms with Crippen LogP contribution in [0.4, 0.5) is 0 Å². The van der Waals surface area contributed by atoms with E-state index in [-0.39, 0.29) is 0 Å². The number of carbonyl (C=O) groups excluding carboxylic acids is 1.